The molecule has 0 saturated carbocycles. The molecule has 1 atom stereocenters. The van der Waals surface area contributed by atoms with E-state index in [-0.39, 0.29) is 18.6 Å². The lowest BCUT2D eigenvalue weighted by atomic mass is 10.0. The Balaban J connectivity index is 1.54. The third kappa shape index (κ3) is 6.00. The highest BCUT2D eigenvalue weighted by atomic mass is 35.5. The lowest BCUT2D eigenvalue weighted by molar-refractivity contribution is -0.134. The number of rotatable bonds is 8. The number of nitrogens with zero attached hydrogens (tertiary/aromatic N) is 4. The van der Waals surface area contributed by atoms with E-state index >= 15 is 0 Å². The Morgan fingerprint density at radius 2 is 1.97 bits per heavy atom. The van der Waals surface area contributed by atoms with Gasteiger partial charge in [0.05, 0.1) is 23.0 Å². The Morgan fingerprint density at radius 3 is 2.65 bits per heavy atom. The minimum Gasteiger partial charge on any atom is -0.376 e. The van der Waals surface area contributed by atoms with Gasteiger partial charge in [-0.05, 0) is 74.9 Å². The smallest absolute Gasteiger partial charge is 0.244 e. The van der Waals surface area contributed by atoms with Crippen LogP contribution in [-0.4, -0.2) is 51.1 Å². The van der Waals surface area contributed by atoms with E-state index in [0.29, 0.717) is 18.1 Å². The summed E-state index contributed by atoms with van der Waals surface area (Å²) >= 11 is 7.88. The van der Waals surface area contributed by atoms with Crippen molar-refractivity contribution >= 4 is 40.2 Å². The van der Waals surface area contributed by atoms with Gasteiger partial charge in [0.1, 0.15) is 6.54 Å². The number of ether oxygens (including phenoxy) is 1. The number of aromatic nitrogens is 3. The molecule has 0 aliphatic carbocycles. The molecule has 0 spiro atoms. The molecule has 192 valence electrons. The quantitative estimate of drug-likeness (QED) is 0.248. The number of halogens is 1. The number of thioether (sulfide) groups is 1. The van der Waals surface area contributed by atoms with Gasteiger partial charge >= 0.3 is 0 Å². The number of hydrogen-bond acceptors (Lipinski definition) is 5. The average molecular weight is 535 g/mol. The van der Waals surface area contributed by atoms with Gasteiger partial charge in [-0.3, -0.25) is 9.48 Å². The fraction of sp³-hybridized carbons (Fsp3) is 0.345. The Hall–Kier alpha value is -2.87. The molecule has 0 N–H and O–H groups in total. The molecule has 1 aliphatic heterocycles. The van der Waals surface area contributed by atoms with Crippen LogP contribution in [0.2, 0.25) is 5.02 Å². The maximum absolute atomic E-state index is 13.7. The van der Waals surface area contributed by atoms with E-state index in [1.54, 1.807) is 16.4 Å². The van der Waals surface area contributed by atoms with Gasteiger partial charge in [0.15, 0.2) is 0 Å². The predicted octanol–water partition coefficient (Wildman–Crippen LogP) is 6.30. The normalized spacial score (nSPS) is 15.4. The molecule has 0 unspecified atom stereocenters. The van der Waals surface area contributed by atoms with E-state index < -0.39 is 0 Å². The van der Waals surface area contributed by atoms with Crippen LogP contribution in [0, 0.1) is 13.8 Å². The number of carbonyl (C=O) groups is 1. The lowest BCUT2D eigenvalue weighted by Gasteiger charge is -2.27. The van der Waals surface area contributed by atoms with Crippen LogP contribution >= 0.6 is 23.4 Å². The number of pyridine rings is 1. The highest BCUT2D eigenvalue weighted by Gasteiger charge is 2.25. The van der Waals surface area contributed by atoms with Crippen LogP contribution in [-0.2, 0) is 22.6 Å². The minimum absolute atomic E-state index is 0.0154. The van der Waals surface area contributed by atoms with Crippen molar-refractivity contribution in [2.45, 2.75) is 50.8 Å². The van der Waals surface area contributed by atoms with Crippen LogP contribution in [0.3, 0.4) is 0 Å². The standard InChI is InChI=1S/C29H31ClN4O2S/c1-19-13-20(2)34(32-19)18-28(35)33(17-25-5-4-12-36-25)16-23-14-22-8-11-26(37-3)15-27(22)31-29(23)21-6-9-24(30)10-7-21/h6-11,13-15,25H,4-5,12,16-18H2,1-3H3/t25-/m0/s1. The molecule has 37 heavy (non-hydrogen) atoms. The number of benzene rings is 2. The summed E-state index contributed by atoms with van der Waals surface area (Å²) in [6.45, 7) is 5.84. The summed E-state index contributed by atoms with van der Waals surface area (Å²) in [4.78, 5) is 21.8. The molecule has 4 aromatic rings. The van der Waals surface area contributed by atoms with Crippen LogP contribution in [0.25, 0.3) is 22.2 Å². The summed E-state index contributed by atoms with van der Waals surface area (Å²) in [6.07, 6.45) is 4.09. The second-order valence-electron chi connectivity index (χ2n) is 9.56. The van der Waals surface area contributed by atoms with E-state index in [4.69, 9.17) is 21.3 Å². The Bertz CT molecular complexity index is 1410. The molecule has 5 rings (SSSR count). The summed E-state index contributed by atoms with van der Waals surface area (Å²) < 4.78 is 7.70. The van der Waals surface area contributed by atoms with Crippen molar-refractivity contribution in [2.75, 3.05) is 19.4 Å². The minimum atomic E-state index is 0.0154. The molecule has 8 heteroatoms. The van der Waals surface area contributed by atoms with Crippen molar-refractivity contribution in [3.8, 4) is 11.3 Å². The Labute approximate surface area is 227 Å². The molecule has 0 radical (unpaired) electrons. The second-order valence-corrected chi connectivity index (χ2v) is 10.9. The first-order chi connectivity index (χ1) is 17.9. The van der Waals surface area contributed by atoms with Crippen LogP contribution in [0.4, 0.5) is 0 Å². The van der Waals surface area contributed by atoms with E-state index in [0.717, 1.165) is 63.5 Å². The summed E-state index contributed by atoms with van der Waals surface area (Å²) in [5.41, 5.74) is 5.63. The van der Waals surface area contributed by atoms with Crippen molar-refractivity contribution < 1.29 is 9.53 Å². The first-order valence-electron chi connectivity index (χ1n) is 12.5. The molecule has 1 fully saturated rings. The van der Waals surface area contributed by atoms with Crippen molar-refractivity contribution in [2.24, 2.45) is 0 Å². The second kappa shape index (κ2) is 11.3. The van der Waals surface area contributed by atoms with Crippen LogP contribution in [0.5, 0.6) is 0 Å². The lowest BCUT2D eigenvalue weighted by Crippen LogP contribution is -2.39. The molecular weight excluding hydrogens is 504 g/mol. The van der Waals surface area contributed by atoms with Crippen molar-refractivity contribution in [1.82, 2.24) is 19.7 Å². The van der Waals surface area contributed by atoms with Gasteiger partial charge in [-0.2, -0.15) is 5.10 Å². The van der Waals surface area contributed by atoms with Gasteiger partial charge in [-0.15, -0.1) is 11.8 Å². The average Bonchev–Trinajstić information content (AvgIpc) is 3.52. The summed E-state index contributed by atoms with van der Waals surface area (Å²) in [6, 6.07) is 18.2. The molecule has 3 heterocycles. The fourth-order valence-corrected chi connectivity index (χ4v) is 5.41. The molecule has 2 aromatic carbocycles. The highest BCUT2D eigenvalue weighted by Crippen LogP contribution is 2.30. The summed E-state index contributed by atoms with van der Waals surface area (Å²) in [7, 11) is 0. The van der Waals surface area contributed by atoms with Gasteiger partial charge in [0.25, 0.3) is 0 Å². The topological polar surface area (TPSA) is 60.2 Å². The van der Waals surface area contributed by atoms with Gasteiger partial charge in [0, 0.05) is 46.3 Å². The summed E-state index contributed by atoms with van der Waals surface area (Å²) in [5.74, 6) is 0.0154. The van der Waals surface area contributed by atoms with Crippen LogP contribution in [0.15, 0.2) is 59.5 Å². The third-order valence-corrected chi connectivity index (χ3v) is 7.75. The van der Waals surface area contributed by atoms with E-state index in [1.807, 2.05) is 49.1 Å². The van der Waals surface area contributed by atoms with Gasteiger partial charge in [-0.1, -0.05) is 29.8 Å². The number of carbonyl (C=O) groups excluding carboxylic acids is 1. The molecular formula is C29H31ClN4O2S. The molecule has 1 amide bonds. The first-order valence-corrected chi connectivity index (χ1v) is 14.1. The van der Waals surface area contributed by atoms with Gasteiger partial charge in [0.2, 0.25) is 5.91 Å². The molecule has 1 saturated heterocycles. The predicted molar refractivity (Wildman–Crippen MR) is 150 cm³/mol. The van der Waals surface area contributed by atoms with Crippen LogP contribution in [0.1, 0.15) is 29.8 Å². The molecule has 0 bridgehead atoms. The maximum Gasteiger partial charge on any atom is 0.244 e. The molecule has 2 aromatic heterocycles. The largest absolute Gasteiger partial charge is 0.376 e. The maximum atomic E-state index is 13.7. The Morgan fingerprint density at radius 1 is 1.16 bits per heavy atom. The van der Waals surface area contributed by atoms with E-state index in [9.17, 15) is 4.79 Å². The van der Waals surface area contributed by atoms with Gasteiger partial charge in [-0.25, -0.2) is 4.98 Å². The van der Waals surface area contributed by atoms with Crippen molar-refractivity contribution in [3.05, 3.63) is 76.6 Å². The highest BCUT2D eigenvalue weighted by molar-refractivity contribution is 7.98. The van der Waals surface area contributed by atoms with Crippen molar-refractivity contribution in [1.29, 1.82) is 0 Å². The SMILES string of the molecule is CSc1ccc2cc(CN(C[C@@H]3CCCO3)C(=O)Cn3nc(C)cc3C)c(-c3ccc(Cl)cc3)nc2c1. The Kier molecular flexibility index (Phi) is 7.84. The van der Waals surface area contributed by atoms with E-state index in [1.165, 1.54) is 0 Å². The zero-order chi connectivity index (χ0) is 25.9. The zero-order valence-electron chi connectivity index (χ0n) is 21.4. The molecule has 1 aliphatic rings. The van der Waals surface area contributed by atoms with Crippen molar-refractivity contribution in [3.63, 3.8) is 0 Å². The number of hydrogen-bond donors (Lipinski definition) is 0. The third-order valence-electron chi connectivity index (χ3n) is 6.77. The van der Waals surface area contributed by atoms with E-state index in [2.05, 4.69) is 35.6 Å². The summed E-state index contributed by atoms with van der Waals surface area (Å²) in [5, 5.41) is 6.24. The van der Waals surface area contributed by atoms with Crippen LogP contribution < -0.4 is 0 Å². The zero-order valence-corrected chi connectivity index (χ0v) is 23.0. The van der Waals surface area contributed by atoms with Gasteiger partial charge < -0.3 is 9.64 Å². The number of aryl methyl sites for hydroxylation is 2. The number of amides is 1. The fourth-order valence-electron chi connectivity index (χ4n) is 4.85. The number of fused-ring (bicyclic) bond motifs is 1. The molecule has 6 nitrogen and oxygen atoms in total. The first kappa shape index (κ1) is 25.8. The monoisotopic (exact) mass is 534 g/mol.